The van der Waals surface area contributed by atoms with Crippen molar-refractivity contribution >= 4 is 23.9 Å². The van der Waals surface area contributed by atoms with Crippen LogP contribution in [0, 0.1) is 6.92 Å². The Morgan fingerprint density at radius 2 is 1.81 bits per heavy atom. The summed E-state index contributed by atoms with van der Waals surface area (Å²) in [7, 11) is 1.53. The maximum absolute atomic E-state index is 12.1. The van der Waals surface area contributed by atoms with Crippen molar-refractivity contribution in [3.05, 3.63) is 89.0 Å². The van der Waals surface area contributed by atoms with Crippen molar-refractivity contribution in [1.82, 2.24) is 5.43 Å². The number of hydrogen-bond donors (Lipinski definition) is 3. The Labute approximate surface area is 185 Å². The maximum Gasteiger partial charge on any atom is 0.339 e. The Morgan fingerprint density at radius 1 is 1.06 bits per heavy atom. The van der Waals surface area contributed by atoms with Gasteiger partial charge in [-0.1, -0.05) is 30.3 Å². The Morgan fingerprint density at radius 3 is 2.50 bits per heavy atom. The highest BCUT2D eigenvalue weighted by Gasteiger charge is 2.10. The van der Waals surface area contributed by atoms with Gasteiger partial charge in [-0.3, -0.25) is 0 Å². The Hall–Kier alpha value is -4.33. The second kappa shape index (κ2) is 10.6. The van der Waals surface area contributed by atoms with Gasteiger partial charge in [-0.2, -0.15) is 5.10 Å². The fraction of sp³-hybridized carbons (Fsp3) is 0.125. The summed E-state index contributed by atoms with van der Waals surface area (Å²) in [4.78, 5) is 23.1. The van der Waals surface area contributed by atoms with Crippen LogP contribution in [0.3, 0.4) is 0 Å². The smallest absolute Gasteiger partial charge is 0.339 e. The zero-order chi connectivity index (χ0) is 22.9. The number of urea groups is 1. The summed E-state index contributed by atoms with van der Waals surface area (Å²) in [5, 5.41) is 15.7. The van der Waals surface area contributed by atoms with Gasteiger partial charge in [0.15, 0.2) is 11.5 Å². The average molecular weight is 433 g/mol. The molecule has 32 heavy (non-hydrogen) atoms. The quantitative estimate of drug-likeness (QED) is 0.360. The summed E-state index contributed by atoms with van der Waals surface area (Å²) >= 11 is 0. The van der Waals surface area contributed by atoms with Gasteiger partial charge in [0, 0.05) is 11.3 Å². The van der Waals surface area contributed by atoms with Crippen molar-refractivity contribution in [2.75, 3.05) is 12.4 Å². The van der Waals surface area contributed by atoms with Gasteiger partial charge in [0.1, 0.15) is 6.61 Å². The van der Waals surface area contributed by atoms with Crippen LogP contribution < -0.4 is 20.2 Å². The molecule has 0 atom stereocenters. The van der Waals surface area contributed by atoms with Crippen LogP contribution in [0.25, 0.3) is 0 Å². The number of carboxylic acids is 1. The topological polar surface area (TPSA) is 109 Å². The highest BCUT2D eigenvalue weighted by Crippen LogP contribution is 2.30. The van der Waals surface area contributed by atoms with Gasteiger partial charge in [0.2, 0.25) is 0 Å². The molecule has 0 saturated heterocycles. The molecule has 2 amide bonds. The summed E-state index contributed by atoms with van der Waals surface area (Å²) in [6.45, 7) is 2.13. The first kappa shape index (κ1) is 22.4. The number of nitrogens with one attached hydrogen (secondary N) is 2. The number of aryl methyl sites for hydroxylation is 1. The van der Waals surface area contributed by atoms with Gasteiger partial charge in [-0.05, 0) is 54.4 Å². The van der Waals surface area contributed by atoms with Crippen molar-refractivity contribution in [1.29, 1.82) is 0 Å². The number of hydrazone groups is 1. The van der Waals surface area contributed by atoms with E-state index in [1.165, 1.54) is 25.5 Å². The van der Waals surface area contributed by atoms with Gasteiger partial charge >= 0.3 is 12.0 Å². The summed E-state index contributed by atoms with van der Waals surface area (Å²) in [5.74, 6) is -0.0399. The lowest BCUT2D eigenvalue weighted by molar-refractivity contribution is 0.0696. The highest BCUT2D eigenvalue weighted by molar-refractivity contribution is 5.91. The van der Waals surface area contributed by atoms with E-state index in [9.17, 15) is 9.59 Å². The number of carbonyl (C=O) groups is 2. The predicted octanol–water partition coefficient (Wildman–Crippen LogP) is 4.44. The molecule has 0 aromatic heterocycles. The van der Waals surface area contributed by atoms with Crippen LogP contribution in [0.5, 0.6) is 11.5 Å². The molecule has 0 unspecified atom stereocenters. The van der Waals surface area contributed by atoms with Crippen molar-refractivity contribution in [2.24, 2.45) is 5.10 Å². The molecular formula is C24H23N3O5. The van der Waals surface area contributed by atoms with E-state index in [0.717, 1.165) is 11.1 Å². The molecule has 0 aliphatic carbocycles. The zero-order valence-electron chi connectivity index (χ0n) is 17.7. The van der Waals surface area contributed by atoms with Crippen LogP contribution in [-0.2, 0) is 6.61 Å². The normalized spacial score (nSPS) is 10.6. The number of benzene rings is 3. The van der Waals surface area contributed by atoms with Crippen LogP contribution in [0.1, 0.15) is 27.0 Å². The maximum atomic E-state index is 12.1. The van der Waals surface area contributed by atoms with E-state index >= 15 is 0 Å². The lowest BCUT2D eigenvalue weighted by Gasteiger charge is -2.13. The van der Waals surface area contributed by atoms with Gasteiger partial charge in [0.25, 0.3) is 0 Å². The minimum Gasteiger partial charge on any atom is -0.493 e. The Balaban J connectivity index is 1.67. The first-order chi connectivity index (χ1) is 15.5. The molecule has 0 heterocycles. The SMILES string of the molecule is COc1cccc(/C=N/NC(=O)Nc2cccc(C)c2)c1OCc1ccc(C(=O)O)cc1. The molecule has 0 fully saturated rings. The fourth-order valence-corrected chi connectivity index (χ4v) is 2.89. The highest BCUT2D eigenvalue weighted by atomic mass is 16.5. The molecule has 0 radical (unpaired) electrons. The molecule has 0 spiro atoms. The van der Waals surface area contributed by atoms with Crippen LogP contribution in [0.15, 0.2) is 71.8 Å². The molecule has 0 aliphatic heterocycles. The van der Waals surface area contributed by atoms with Gasteiger partial charge in [0.05, 0.1) is 18.9 Å². The lowest BCUT2D eigenvalue weighted by Crippen LogP contribution is -2.24. The molecule has 3 N–H and O–H groups in total. The largest absolute Gasteiger partial charge is 0.493 e. The summed E-state index contributed by atoms with van der Waals surface area (Å²) in [6, 6.07) is 18.6. The first-order valence-electron chi connectivity index (χ1n) is 9.75. The Bertz CT molecular complexity index is 1130. The molecule has 0 bridgehead atoms. The van der Waals surface area contributed by atoms with Crippen LogP contribution in [0.2, 0.25) is 0 Å². The summed E-state index contributed by atoms with van der Waals surface area (Å²) in [6.07, 6.45) is 1.46. The zero-order valence-corrected chi connectivity index (χ0v) is 17.7. The molecule has 0 saturated carbocycles. The molecule has 3 aromatic rings. The van der Waals surface area contributed by atoms with Crippen molar-refractivity contribution in [2.45, 2.75) is 13.5 Å². The predicted molar refractivity (Wildman–Crippen MR) is 122 cm³/mol. The third-order valence-electron chi connectivity index (χ3n) is 4.46. The van der Waals surface area contributed by atoms with E-state index in [2.05, 4.69) is 15.8 Å². The van der Waals surface area contributed by atoms with Gasteiger partial charge in [-0.15, -0.1) is 0 Å². The lowest BCUT2D eigenvalue weighted by atomic mass is 10.1. The number of carbonyl (C=O) groups excluding carboxylic acids is 1. The molecule has 3 rings (SSSR count). The minimum atomic E-state index is -0.986. The van der Waals surface area contributed by atoms with E-state index in [-0.39, 0.29) is 12.2 Å². The van der Waals surface area contributed by atoms with E-state index < -0.39 is 12.0 Å². The molecular weight excluding hydrogens is 410 g/mol. The average Bonchev–Trinajstić information content (AvgIpc) is 2.78. The summed E-state index contributed by atoms with van der Waals surface area (Å²) in [5.41, 5.74) is 5.71. The number of rotatable bonds is 8. The Kier molecular flexibility index (Phi) is 7.42. The molecule has 8 nitrogen and oxygen atoms in total. The van der Waals surface area contributed by atoms with Crippen LogP contribution in [0.4, 0.5) is 10.5 Å². The van der Waals surface area contributed by atoms with E-state index in [0.29, 0.717) is 22.7 Å². The van der Waals surface area contributed by atoms with Gasteiger partial charge < -0.3 is 19.9 Å². The summed E-state index contributed by atoms with van der Waals surface area (Å²) < 4.78 is 11.3. The third-order valence-corrected chi connectivity index (χ3v) is 4.46. The second-order valence-electron chi connectivity index (χ2n) is 6.86. The number of hydrogen-bond acceptors (Lipinski definition) is 5. The van der Waals surface area contributed by atoms with Crippen molar-refractivity contribution in [3.8, 4) is 11.5 Å². The van der Waals surface area contributed by atoms with E-state index in [4.69, 9.17) is 14.6 Å². The molecule has 3 aromatic carbocycles. The van der Waals surface area contributed by atoms with E-state index in [1.807, 2.05) is 25.1 Å². The minimum absolute atomic E-state index is 0.197. The first-order valence-corrected chi connectivity index (χ1v) is 9.75. The number of carboxylic acid groups (broad SMARTS) is 1. The number of para-hydroxylation sites is 1. The fourth-order valence-electron chi connectivity index (χ4n) is 2.89. The van der Waals surface area contributed by atoms with Crippen molar-refractivity contribution in [3.63, 3.8) is 0 Å². The molecule has 0 aliphatic rings. The monoisotopic (exact) mass is 433 g/mol. The van der Waals surface area contributed by atoms with Crippen molar-refractivity contribution < 1.29 is 24.2 Å². The van der Waals surface area contributed by atoms with Gasteiger partial charge in [-0.25, -0.2) is 15.0 Å². The number of anilines is 1. The number of amides is 2. The standard InChI is InChI=1S/C24H23N3O5/c1-16-5-3-7-20(13-16)26-24(30)27-25-14-19-6-4-8-21(31-2)22(19)32-15-17-9-11-18(12-10-17)23(28)29/h3-14H,15H2,1-2H3,(H,28,29)(H2,26,27,30)/b25-14+. The number of ether oxygens (including phenoxy) is 2. The van der Waals surface area contributed by atoms with Crippen LogP contribution in [-0.4, -0.2) is 30.4 Å². The number of methoxy groups -OCH3 is 1. The third kappa shape index (κ3) is 6.09. The number of nitrogens with zero attached hydrogens (tertiary/aromatic N) is 1. The molecule has 164 valence electrons. The second-order valence-corrected chi connectivity index (χ2v) is 6.86. The number of aromatic carboxylic acids is 1. The van der Waals surface area contributed by atoms with Crippen LogP contribution >= 0.6 is 0 Å². The van der Waals surface area contributed by atoms with E-state index in [1.54, 1.807) is 36.4 Å². The molecule has 8 heteroatoms.